The van der Waals surface area contributed by atoms with Gasteiger partial charge in [-0.2, -0.15) is 0 Å². The summed E-state index contributed by atoms with van der Waals surface area (Å²) in [6, 6.07) is 4.21. The number of rotatable bonds is 3. The van der Waals surface area contributed by atoms with Crippen molar-refractivity contribution in [3.8, 4) is 11.5 Å². The number of benzene rings is 1. The monoisotopic (exact) mass is 312 g/mol. The lowest BCUT2D eigenvalue weighted by molar-refractivity contribution is -0.286. The van der Waals surface area contributed by atoms with Gasteiger partial charge in [0.1, 0.15) is 0 Å². The lowest BCUT2D eigenvalue weighted by Crippen LogP contribution is -2.38. The Morgan fingerprint density at radius 2 is 2.00 bits per heavy atom. The van der Waals surface area contributed by atoms with Crippen molar-refractivity contribution >= 4 is 11.6 Å². The molecule has 0 spiro atoms. The Morgan fingerprint density at radius 3 is 2.73 bits per heavy atom. The minimum absolute atomic E-state index is 0.0342. The molecule has 120 valence electrons. The van der Waals surface area contributed by atoms with E-state index in [0.29, 0.717) is 18.2 Å². The van der Waals surface area contributed by atoms with Crippen molar-refractivity contribution in [3.63, 3.8) is 0 Å². The zero-order valence-corrected chi connectivity index (χ0v) is 12.3. The van der Waals surface area contributed by atoms with Crippen molar-refractivity contribution in [1.82, 2.24) is 4.90 Å². The van der Waals surface area contributed by atoms with E-state index in [1.807, 2.05) is 0 Å². The van der Waals surface area contributed by atoms with Gasteiger partial charge in [0.2, 0.25) is 5.91 Å². The fraction of sp³-hybridized carbons (Fsp3) is 0.533. The van der Waals surface area contributed by atoms with Gasteiger partial charge < -0.3 is 14.8 Å². The minimum atomic E-state index is -3.64. The second-order valence-corrected chi connectivity index (χ2v) is 5.84. The third kappa shape index (κ3) is 3.47. The number of ether oxygens (including phenoxy) is 2. The van der Waals surface area contributed by atoms with Gasteiger partial charge in [-0.3, -0.25) is 9.69 Å². The van der Waals surface area contributed by atoms with Crippen LogP contribution in [0.4, 0.5) is 14.5 Å². The highest BCUT2D eigenvalue weighted by Crippen LogP contribution is 2.42. The quantitative estimate of drug-likeness (QED) is 0.932. The Hall–Kier alpha value is -1.89. The van der Waals surface area contributed by atoms with Gasteiger partial charge >= 0.3 is 6.29 Å². The number of piperidine rings is 1. The summed E-state index contributed by atoms with van der Waals surface area (Å²) in [6.45, 7) is 4.32. The molecule has 3 rings (SSSR count). The first-order valence-electron chi connectivity index (χ1n) is 7.33. The van der Waals surface area contributed by atoms with Crippen LogP contribution in [0.1, 0.15) is 19.8 Å². The van der Waals surface area contributed by atoms with E-state index in [-0.39, 0.29) is 17.4 Å². The molecule has 1 N–H and O–H groups in total. The maximum absolute atomic E-state index is 12.9. The lowest BCUT2D eigenvalue weighted by Gasteiger charge is -2.29. The number of fused-ring (bicyclic) bond motifs is 1. The number of carbonyl (C=O) groups is 1. The van der Waals surface area contributed by atoms with Gasteiger partial charge in [-0.1, -0.05) is 6.92 Å². The van der Waals surface area contributed by atoms with Crippen molar-refractivity contribution in [2.45, 2.75) is 26.1 Å². The molecule has 2 aliphatic rings. The van der Waals surface area contributed by atoms with E-state index in [9.17, 15) is 13.6 Å². The van der Waals surface area contributed by atoms with Crippen LogP contribution in [0.25, 0.3) is 0 Å². The molecule has 1 aromatic carbocycles. The van der Waals surface area contributed by atoms with Gasteiger partial charge in [-0.05, 0) is 44.0 Å². The van der Waals surface area contributed by atoms with Crippen molar-refractivity contribution in [1.29, 1.82) is 0 Å². The topological polar surface area (TPSA) is 50.8 Å². The number of hydrogen-bond acceptors (Lipinski definition) is 4. The second kappa shape index (κ2) is 5.72. The van der Waals surface area contributed by atoms with Gasteiger partial charge in [0.25, 0.3) is 0 Å². The molecule has 2 aliphatic heterocycles. The molecule has 5 nitrogen and oxygen atoms in total. The molecule has 1 aromatic rings. The molecular weight excluding hydrogens is 294 g/mol. The Balaban J connectivity index is 1.56. The largest absolute Gasteiger partial charge is 0.586 e. The Labute approximate surface area is 127 Å². The first-order chi connectivity index (χ1) is 10.4. The van der Waals surface area contributed by atoms with Crippen LogP contribution in [0.3, 0.4) is 0 Å². The molecule has 22 heavy (non-hydrogen) atoms. The summed E-state index contributed by atoms with van der Waals surface area (Å²) in [6.07, 6.45) is -1.46. The van der Waals surface area contributed by atoms with E-state index in [1.54, 1.807) is 0 Å². The number of nitrogens with zero attached hydrogens (tertiary/aromatic N) is 1. The van der Waals surface area contributed by atoms with Crippen LogP contribution in [0.15, 0.2) is 18.2 Å². The van der Waals surface area contributed by atoms with Gasteiger partial charge in [0.05, 0.1) is 6.54 Å². The molecule has 0 atom stereocenters. The molecule has 0 aliphatic carbocycles. The smallest absolute Gasteiger partial charge is 0.395 e. The van der Waals surface area contributed by atoms with E-state index in [0.717, 1.165) is 25.9 Å². The van der Waals surface area contributed by atoms with Crippen LogP contribution < -0.4 is 14.8 Å². The molecule has 1 fully saturated rings. The summed E-state index contributed by atoms with van der Waals surface area (Å²) in [7, 11) is 0. The average Bonchev–Trinajstić information content (AvgIpc) is 2.74. The van der Waals surface area contributed by atoms with Crippen LogP contribution in [-0.4, -0.2) is 36.7 Å². The number of alkyl halides is 2. The van der Waals surface area contributed by atoms with Crippen molar-refractivity contribution < 1.29 is 23.0 Å². The normalized spacial score (nSPS) is 20.9. The fourth-order valence-corrected chi connectivity index (χ4v) is 2.65. The van der Waals surface area contributed by atoms with E-state index < -0.39 is 6.29 Å². The Morgan fingerprint density at radius 1 is 1.32 bits per heavy atom. The predicted octanol–water partition coefficient (Wildman–Crippen LogP) is 2.68. The highest BCUT2D eigenvalue weighted by molar-refractivity contribution is 5.92. The summed E-state index contributed by atoms with van der Waals surface area (Å²) >= 11 is 0. The highest BCUT2D eigenvalue weighted by Gasteiger charge is 2.43. The van der Waals surface area contributed by atoms with E-state index in [1.165, 1.54) is 18.2 Å². The molecular formula is C15H18F2N2O3. The van der Waals surface area contributed by atoms with Crippen molar-refractivity contribution in [2.24, 2.45) is 5.92 Å². The highest BCUT2D eigenvalue weighted by atomic mass is 19.3. The molecule has 7 heteroatoms. The van der Waals surface area contributed by atoms with Gasteiger partial charge in [0, 0.05) is 11.8 Å². The van der Waals surface area contributed by atoms with E-state index in [4.69, 9.17) is 0 Å². The second-order valence-electron chi connectivity index (χ2n) is 5.84. The summed E-state index contributed by atoms with van der Waals surface area (Å²) in [4.78, 5) is 14.1. The lowest BCUT2D eigenvalue weighted by atomic mass is 9.99. The summed E-state index contributed by atoms with van der Waals surface area (Å²) in [5, 5.41) is 2.70. The molecule has 0 bridgehead atoms. The molecule has 0 saturated carbocycles. The van der Waals surface area contributed by atoms with Gasteiger partial charge in [0.15, 0.2) is 11.5 Å². The number of halogens is 2. The maximum Gasteiger partial charge on any atom is 0.586 e. The average molecular weight is 312 g/mol. The van der Waals surface area contributed by atoms with E-state index >= 15 is 0 Å². The zero-order valence-electron chi connectivity index (χ0n) is 12.3. The van der Waals surface area contributed by atoms with Crippen molar-refractivity contribution in [3.05, 3.63) is 18.2 Å². The van der Waals surface area contributed by atoms with Crippen LogP contribution >= 0.6 is 0 Å². The molecule has 0 unspecified atom stereocenters. The van der Waals surface area contributed by atoms with Crippen LogP contribution in [0.2, 0.25) is 0 Å². The third-order valence-electron chi connectivity index (χ3n) is 3.93. The summed E-state index contributed by atoms with van der Waals surface area (Å²) < 4.78 is 34.5. The molecule has 1 saturated heterocycles. The van der Waals surface area contributed by atoms with Gasteiger partial charge in [-0.25, -0.2) is 0 Å². The summed E-state index contributed by atoms with van der Waals surface area (Å²) in [5.74, 6) is 0.428. The van der Waals surface area contributed by atoms with Crippen LogP contribution in [0, 0.1) is 5.92 Å². The number of carbonyl (C=O) groups excluding carboxylic acids is 1. The zero-order chi connectivity index (χ0) is 15.7. The molecule has 1 amide bonds. The standard InChI is InChI=1S/C15H18F2N2O3/c1-10-4-6-19(7-5-10)9-14(20)18-11-2-3-12-13(8-11)22-15(16,17)21-12/h2-3,8,10H,4-7,9H2,1H3,(H,18,20). The number of likely N-dealkylation sites (tertiary alicyclic amines) is 1. The van der Waals surface area contributed by atoms with E-state index in [2.05, 4.69) is 26.6 Å². The number of hydrogen-bond donors (Lipinski definition) is 1. The molecule has 2 heterocycles. The number of nitrogens with one attached hydrogen (secondary N) is 1. The third-order valence-corrected chi connectivity index (χ3v) is 3.93. The number of anilines is 1. The first-order valence-corrected chi connectivity index (χ1v) is 7.33. The molecule has 0 radical (unpaired) electrons. The fourth-order valence-electron chi connectivity index (χ4n) is 2.65. The van der Waals surface area contributed by atoms with Gasteiger partial charge in [-0.15, -0.1) is 8.78 Å². The van der Waals surface area contributed by atoms with Crippen molar-refractivity contribution in [2.75, 3.05) is 25.0 Å². The Kier molecular flexibility index (Phi) is 3.90. The number of amides is 1. The van der Waals surface area contributed by atoms with Crippen LogP contribution in [-0.2, 0) is 4.79 Å². The van der Waals surface area contributed by atoms with Crippen LogP contribution in [0.5, 0.6) is 11.5 Å². The minimum Gasteiger partial charge on any atom is -0.395 e. The maximum atomic E-state index is 12.9. The Bertz CT molecular complexity index is 572. The SMILES string of the molecule is CC1CCN(CC(=O)Nc2ccc3c(c2)OC(F)(F)O3)CC1. The molecule has 0 aromatic heterocycles. The predicted molar refractivity (Wildman–Crippen MR) is 76.1 cm³/mol. The first kappa shape index (κ1) is 15.0. The summed E-state index contributed by atoms with van der Waals surface area (Å²) in [5.41, 5.74) is 0.412.